The number of hydrogen-bond donors (Lipinski definition) is 2. The number of carboxylic acid groups (broad SMARTS) is 1. The quantitative estimate of drug-likeness (QED) is 0.836. The zero-order valence-electron chi connectivity index (χ0n) is 12.1. The molecular formula is C15H19NO5. The monoisotopic (exact) mass is 293 g/mol. The zero-order chi connectivity index (χ0) is 15.5. The molecule has 2 N–H and O–H groups in total. The van der Waals surface area contributed by atoms with E-state index in [0.29, 0.717) is 29.9 Å². The number of aliphatic carboxylic acids is 1. The van der Waals surface area contributed by atoms with Gasteiger partial charge in [-0.15, -0.1) is 0 Å². The topological polar surface area (TPSA) is 84.9 Å². The number of carboxylic acids is 1. The van der Waals surface area contributed by atoms with Gasteiger partial charge in [-0.2, -0.15) is 0 Å². The van der Waals surface area contributed by atoms with E-state index in [0.717, 1.165) is 6.42 Å². The fourth-order valence-corrected chi connectivity index (χ4v) is 2.54. The number of hydrogen-bond acceptors (Lipinski definition) is 4. The van der Waals surface area contributed by atoms with Gasteiger partial charge >= 0.3 is 5.97 Å². The van der Waals surface area contributed by atoms with Crippen LogP contribution in [0.4, 0.5) is 0 Å². The molecule has 1 aromatic carbocycles. The van der Waals surface area contributed by atoms with Gasteiger partial charge in [-0.1, -0.05) is 0 Å². The van der Waals surface area contributed by atoms with Gasteiger partial charge in [0.2, 0.25) is 0 Å². The summed E-state index contributed by atoms with van der Waals surface area (Å²) in [4.78, 5) is 23.4. The molecule has 114 valence electrons. The average molecular weight is 293 g/mol. The van der Waals surface area contributed by atoms with Crippen molar-refractivity contribution in [3.8, 4) is 11.5 Å². The molecule has 0 bridgehead atoms. The van der Waals surface area contributed by atoms with Crippen LogP contribution in [0.1, 0.15) is 36.0 Å². The molecule has 1 aliphatic carbocycles. The van der Waals surface area contributed by atoms with Crippen molar-refractivity contribution in [3.05, 3.63) is 23.8 Å². The summed E-state index contributed by atoms with van der Waals surface area (Å²) in [7, 11) is 3.00. The maximum absolute atomic E-state index is 12.4. The Hall–Kier alpha value is -2.24. The SMILES string of the molecule is COc1ccc(OC)c(C(=O)NC2(CC(=O)O)CCC2)c1. The minimum atomic E-state index is -0.910. The van der Waals surface area contributed by atoms with Gasteiger partial charge in [-0.25, -0.2) is 0 Å². The van der Waals surface area contributed by atoms with Crippen LogP contribution in [0.5, 0.6) is 11.5 Å². The Morgan fingerprint density at radius 1 is 1.29 bits per heavy atom. The van der Waals surface area contributed by atoms with Crippen molar-refractivity contribution in [2.75, 3.05) is 14.2 Å². The number of benzene rings is 1. The molecule has 0 unspecified atom stereocenters. The molecule has 0 saturated heterocycles. The van der Waals surface area contributed by atoms with Gasteiger partial charge in [0.25, 0.3) is 5.91 Å². The first kappa shape index (κ1) is 15.2. The van der Waals surface area contributed by atoms with Gasteiger partial charge in [0.05, 0.1) is 31.7 Å². The van der Waals surface area contributed by atoms with Crippen molar-refractivity contribution in [2.24, 2.45) is 0 Å². The lowest BCUT2D eigenvalue weighted by Gasteiger charge is -2.41. The third kappa shape index (κ3) is 3.26. The Labute approximate surface area is 123 Å². The molecule has 1 aliphatic rings. The van der Waals surface area contributed by atoms with E-state index in [4.69, 9.17) is 14.6 Å². The predicted molar refractivity (Wildman–Crippen MR) is 75.8 cm³/mol. The summed E-state index contributed by atoms with van der Waals surface area (Å²) in [6, 6.07) is 4.94. The third-order valence-electron chi connectivity index (χ3n) is 3.83. The molecule has 0 atom stereocenters. The van der Waals surface area contributed by atoms with Crippen molar-refractivity contribution in [2.45, 2.75) is 31.2 Å². The molecule has 6 nitrogen and oxygen atoms in total. The van der Waals surface area contributed by atoms with Crippen molar-refractivity contribution < 1.29 is 24.2 Å². The van der Waals surface area contributed by atoms with Crippen LogP contribution in [0.15, 0.2) is 18.2 Å². The summed E-state index contributed by atoms with van der Waals surface area (Å²) in [5, 5.41) is 11.8. The molecule has 1 saturated carbocycles. The van der Waals surface area contributed by atoms with Crippen LogP contribution < -0.4 is 14.8 Å². The van der Waals surface area contributed by atoms with Crippen LogP contribution in [0.2, 0.25) is 0 Å². The smallest absolute Gasteiger partial charge is 0.305 e. The summed E-state index contributed by atoms with van der Waals surface area (Å²) >= 11 is 0. The highest BCUT2D eigenvalue weighted by molar-refractivity contribution is 5.98. The van der Waals surface area contributed by atoms with Crippen LogP contribution in [-0.4, -0.2) is 36.7 Å². The lowest BCUT2D eigenvalue weighted by molar-refractivity contribution is -0.139. The third-order valence-corrected chi connectivity index (χ3v) is 3.83. The molecule has 0 radical (unpaired) electrons. The minimum Gasteiger partial charge on any atom is -0.497 e. The van der Waals surface area contributed by atoms with Gasteiger partial charge in [0, 0.05) is 0 Å². The normalized spacial score (nSPS) is 15.7. The summed E-state index contributed by atoms with van der Waals surface area (Å²) in [5.74, 6) is -0.278. The second-order valence-electron chi connectivity index (χ2n) is 5.22. The van der Waals surface area contributed by atoms with Gasteiger partial charge in [-0.3, -0.25) is 9.59 Å². The second kappa shape index (κ2) is 6.03. The molecule has 1 amide bonds. The Kier molecular flexibility index (Phi) is 4.35. The minimum absolute atomic E-state index is 0.0645. The molecule has 0 spiro atoms. The van der Waals surface area contributed by atoms with Crippen molar-refractivity contribution >= 4 is 11.9 Å². The maximum Gasteiger partial charge on any atom is 0.305 e. The highest BCUT2D eigenvalue weighted by atomic mass is 16.5. The van der Waals surface area contributed by atoms with Crippen molar-refractivity contribution in [3.63, 3.8) is 0 Å². The van der Waals surface area contributed by atoms with E-state index in [1.54, 1.807) is 18.2 Å². The van der Waals surface area contributed by atoms with E-state index in [-0.39, 0.29) is 12.3 Å². The van der Waals surface area contributed by atoms with Crippen LogP contribution in [0.25, 0.3) is 0 Å². The van der Waals surface area contributed by atoms with Crippen LogP contribution >= 0.6 is 0 Å². The predicted octanol–water partition coefficient (Wildman–Crippen LogP) is 1.83. The number of methoxy groups -OCH3 is 2. The first-order valence-corrected chi connectivity index (χ1v) is 6.76. The van der Waals surface area contributed by atoms with E-state index in [1.807, 2.05) is 0 Å². The van der Waals surface area contributed by atoms with Crippen molar-refractivity contribution in [1.29, 1.82) is 0 Å². The van der Waals surface area contributed by atoms with E-state index < -0.39 is 11.5 Å². The number of amides is 1. The fraction of sp³-hybridized carbons (Fsp3) is 0.467. The van der Waals surface area contributed by atoms with E-state index in [9.17, 15) is 9.59 Å². The Balaban J connectivity index is 2.21. The molecule has 1 fully saturated rings. The van der Waals surface area contributed by atoms with Gasteiger partial charge in [-0.05, 0) is 37.5 Å². The summed E-state index contributed by atoms with van der Waals surface area (Å²) < 4.78 is 10.3. The highest BCUT2D eigenvalue weighted by Crippen LogP contribution is 2.36. The molecule has 21 heavy (non-hydrogen) atoms. The number of ether oxygens (including phenoxy) is 2. The fourth-order valence-electron chi connectivity index (χ4n) is 2.54. The molecule has 0 aliphatic heterocycles. The van der Waals surface area contributed by atoms with Crippen LogP contribution in [0.3, 0.4) is 0 Å². The number of nitrogens with one attached hydrogen (secondary N) is 1. The van der Waals surface area contributed by atoms with E-state index in [1.165, 1.54) is 14.2 Å². The summed E-state index contributed by atoms with van der Waals surface area (Å²) in [6.07, 6.45) is 2.21. The number of rotatable bonds is 6. The lowest BCUT2D eigenvalue weighted by atomic mass is 9.74. The van der Waals surface area contributed by atoms with Crippen molar-refractivity contribution in [1.82, 2.24) is 5.32 Å². The average Bonchev–Trinajstić information content (AvgIpc) is 2.43. The van der Waals surface area contributed by atoms with E-state index >= 15 is 0 Å². The van der Waals surface area contributed by atoms with E-state index in [2.05, 4.69) is 5.32 Å². The molecule has 0 aromatic heterocycles. The first-order valence-electron chi connectivity index (χ1n) is 6.76. The molecule has 6 heteroatoms. The summed E-state index contributed by atoms with van der Waals surface area (Å²) in [5.41, 5.74) is -0.301. The lowest BCUT2D eigenvalue weighted by Crippen LogP contribution is -2.54. The Morgan fingerprint density at radius 3 is 2.48 bits per heavy atom. The molecule has 1 aromatic rings. The van der Waals surface area contributed by atoms with Crippen LogP contribution in [0, 0.1) is 0 Å². The van der Waals surface area contributed by atoms with Crippen LogP contribution in [-0.2, 0) is 4.79 Å². The second-order valence-corrected chi connectivity index (χ2v) is 5.22. The molecule has 2 rings (SSSR count). The first-order chi connectivity index (χ1) is 9.99. The standard InChI is InChI=1S/C15H19NO5/c1-20-10-4-5-12(21-2)11(8-10)14(19)16-15(6-3-7-15)9-13(17)18/h4-5,8H,3,6-7,9H2,1-2H3,(H,16,19)(H,17,18). The maximum atomic E-state index is 12.4. The van der Waals surface area contributed by atoms with Gasteiger partial charge in [0.1, 0.15) is 11.5 Å². The highest BCUT2D eigenvalue weighted by Gasteiger charge is 2.40. The van der Waals surface area contributed by atoms with Gasteiger partial charge in [0.15, 0.2) is 0 Å². The zero-order valence-corrected chi connectivity index (χ0v) is 12.1. The van der Waals surface area contributed by atoms with Gasteiger partial charge < -0.3 is 19.9 Å². The largest absolute Gasteiger partial charge is 0.497 e. The molecule has 0 heterocycles. The Morgan fingerprint density at radius 2 is 2.00 bits per heavy atom. The number of carbonyl (C=O) groups excluding carboxylic acids is 1. The Bertz CT molecular complexity index is 551. The molecular weight excluding hydrogens is 274 g/mol. The summed E-state index contributed by atoms with van der Waals surface area (Å²) in [6.45, 7) is 0. The number of carbonyl (C=O) groups is 2.